The maximum absolute atomic E-state index is 9.43. The molecule has 0 heterocycles. The van der Waals surface area contributed by atoms with E-state index in [1.807, 2.05) is 26.8 Å². The Balaban J connectivity index is 3.06. The van der Waals surface area contributed by atoms with Gasteiger partial charge in [-0.25, -0.2) is 0 Å². The van der Waals surface area contributed by atoms with Gasteiger partial charge in [0.1, 0.15) is 17.1 Å². The first-order valence-corrected chi connectivity index (χ1v) is 5.31. The first-order valence-electron chi connectivity index (χ1n) is 5.31. The summed E-state index contributed by atoms with van der Waals surface area (Å²) in [4.78, 5) is 0. The number of ether oxygens (including phenoxy) is 1. The minimum absolute atomic E-state index is 0.208. The van der Waals surface area contributed by atoms with Gasteiger partial charge >= 0.3 is 0 Å². The van der Waals surface area contributed by atoms with Crippen LogP contribution in [-0.4, -0.2) is 10.7 Å². The van der Waals surface area contributed by atoms with Crippen molar-refractivity contribution in [2.24, 2.45) is 0 Å². The Morgan fingerprint density at radius 2 is 1.80 bits per heavy atom. The summed E-state index contributed by atoms with van der Waals surface area (Å²) in [6.07, 6.45) is 0. The lowest BCUT2D eigenvalue weighted by Gasteiger charge is -2.24. The van der Waals surface area contributed by atoms with Crippen molar-refractivity contribution in [1.29, 1.82) is 0 Å². The third kappa shape index (κ3) is 3.46. The van der Waals surface area contributed by atoms with E-state index in [1.54, 1.807) is 12.1 Å². The van der Waals surface area contributed by atoms with Gasteiger partial charge in [-0.15, -0.1) is 0 Å². The molecule has 2 nitrogen and oxygen atoms in total. The zero-order valence-corrected chi connectivity index (χ0v) is 10.2. The zero-order valence-electron chi connectivity index (χ0n) is 10.2. The number of hydrogen-bond donors (Lipinski definition) is 1. The van der Waals surface area contributed by atoms with Gasteiger partial charge in [0.2, 0.25) is 0 Å². The van der Waals surface area contributed by atoms with Crippen molar-refractivity contribution < 1.29 is 9.84 Å². The summed E-state index contributed by atoms with van der Waals surface area (Å²) in [5.41, 5.74) is 0.839. The molecular weight excluding hydrogens is 188 g/mol. The van der Waals surface area contributed by atoms with Crippen LogP contribution in [0.2, 0.25) is 0 Å². The maximum atomic E-state index is 9.43. The minimum Gasteiger partial charge on any atom is -0.508 e. The number of hydrogen-bond acceptors (Lipinski definition) is 2. The Morgan fingerprint density at radius 3 is 2.27 bits per heavy atom. The molecule has 0 amide bonds. The molecule has 0 saturated heterocycles. The fraction of sp³-hybridized carbons (Fsp3) is 0.538. The van der Waals surface area contributed by atoms with E-state index in [0.717, 1.165) is 11.3 Å². The van der Waals surface area contributed by atoms with Gasteiger partial charge in [0, 0.05) is 5.56 Å². The van der Waals surface area contributed by atoms with E-state index in [1.165, 1.54) is 0 Å². The monoisotopic (exact) mass is 208 g/mol. The van der Waals surface area contributed by atoms with Gasteiger partial charge in [0.15, 0.2) is 0 Å². The second kappa shape index (κ2) is 4.13. The molecule has 0 aliphatic heterocycles. The highest BCUT2D eigenvalue weighted by atomic mass is 16.5. The molecule has 15 heavy (non-hydrogen) atoms. The molecule has 0 saturated carbocycles. The molecule has 0 spiro atoms. The van der Waals surface area contributed by atoms with E-state index in [4.69, 9.17) is 4.74 Å². The summed E-state index contributed by atoms with van der Waals surface area (Å²) in [5.74, 6) is 1.49. The van der Waals surface area contributed by atoms with Gasteiger partial charge in [0.05, 0.1) is 0 Å². The van der Waals surface area contributed by atoms with Gasteiger partial charge < -0.3 is 9.84 Å². The molecule has 0 atom stereocenters. The standard InChI is InChI=1S/C13H20O2/c1-9(2)11-8-10(14)6-7-12(11)15-13(3,4)5/h6-9,14H,1-5H3. The number of phenols is 1. The number of rotatable bonds is 2. The Hall–Kier alpha value is -1.18. The summed E-state index contributed by atoms with van der Waals surface area (Å²) in [6.45, 7) is 10.2. The topological polar surface area (TPSA) is 29.5 Å². The third-order valence-electron chi connectivity index (χ3n) is 2.03. The average Bonchev–Trinajstić information content (AvgIpc) is 2.05. The third-order valence-corrected chi connectivity index (χ3v) is 2.03. The van der Waals surface area contributed by atoms with Gasteiger partial charge in [-0.1, -0.05) is 13.8 Å². The van der Waals surface area contributed by atoms with Crippen LogP contribution >= 0.6 is 0 Å². The zero-order chi connectivity index (χ0) is 11.6. The molecule has 0 aliphatic rings. The summed E-state index contributed by atoms with van der Waals surface area (Å²) >= 11 is 0. The van der Waals surface area contributed by atoms with Crippen molar-refractivity contribution in [2.45, 2.75) is 46.1 Å². The van der Waals surface area contributed by atoms with Crippen LogP contribution in [-0.2, 0) is 0 Å². The highest BCUT2D eigenvalue weighted by Gasteiger charge is 2.16. The molecule has 2 heteroatoms. The fourth-order valence-electron chi connectivity index (χ4n) is 1.41. The van der Waals surface area contributed by atoms with Crippen LogP contribution in [0.3, 0.4) is 0 Å². The van der Waals surface area contributed by atoms with Crippen LogP contribution in [0.1, 0.15) is 46.1 Å². The van der Waals surface area contributed by atoms with E-state index in [2.05, 4.69) is 13.8 Å². The Labute approximate surface area is 91.9 Å². The van der Waals surface area contributed by atoms with Gasteiger partial charge in [0.25, 0.3) is 0 Å². The van der Waals surface area contributed by atoms with Crippen molar-refractivity contribution in [2.75, 3.05) is 0 Å². The molecule has 0 aliphatic carbocycles. The van der Waals surface area contributed by atoms with Crippen LogP contribution in [0.4, 0.5) is 0 Å². The van der Waals surface area contributed by atoms with Crippen molar-refractivity contribution >= 4 is 0 Å². The van der Waals surface area contributed by atoms with E-state index >= 15 is 0 Å². The van der Waals surface area contributed by atoms with Gasteiger partial charge in [-0.3, -0.25) is 0 Å². The quantitative estimate of drug-likeness (QED) is 0.803. The average molecular weight is 208 g/mol. The van der Waals surface area contributed by atoms with Gasteiger partial charge in [-0.05, 0) is 44.9 Å². The van der Waals surface area contributed by atoms with Crippen LogP contribution in [0.5, 0.6) is 11.5 Å². The molecule has 1 aromatic carbocycles. The predicted molar refractivity (Wildman–Crippen MR) is 62.6 cm³/mol. The maximum Gasteiger partial charge on any atom is 0.123 e. The summed E-state index contributed by atoms with van der Waals surface area (Å²) < 4.78 is 5.84. The molecule has 0 unspecified atom stereocenters. The largest absolute Gasteiger partial charge is 0.508 e. The van der Waals surface area contributed by atoms with Crippen LogP contribution < -0.4 is 4.74 Å². The highest BCUT2D eigenvalue weighted by Crippen LogP contribution is 2.31. The van der Waals surface area contributed by atoms with E-state index in [-0.39, 0.29) is 5.60 Å². The van der Waals surface area contributed by atoms with Crippen molar-refractivity contribution in [1.82, 2.24) is 0 Å². The number of benzene rings is 1. The summed E-state index contributed by atoms with van der Waals surface area (Å²) in [7, 11) is 0. The molecule has 0 bridgehead atoms. The lowest BCUT2D eigenvalue weighted by atomic mass is 10.0. The summed E-state index contributed by atoms with van der Waals surface area (Å²) in [6, 6.07) is 5.26. The highest BCUT2D eigenvalue weighted by molar-refractivity contribution is 5.41. The molecule has 0 aromatic heterocycles. The van der Waals surface area contributed by atoms with Crippen molar-refractivity contribution in [3.8, 4) is 11.5 Å². The molecule has 0 fully saturated rings. The van der Waals surface area contributed by atoms with Gasteiger partial charge in [-0.2, -0.15) is 0 Å². The minimum atomic E-state index is -0.208. The van der Waals surface area contributed by atoms with Crippen LogP contribution in [0.15, 0.2) is 18.2 Å². The smallest absolute Gasteiger partial charge is 0.123 e. The predicted octanol–water partition coefficient (Wildman–Crippen LogP) is 3.69. The van der Waals surface area contributed by atoms with Crippen LogP contribution in [0, 0.1) is 0 Å². The fourth-order valence-corrected chi connectivity index (χ4v) is 1.41. The number of phenolic OH excluding ortho intramolecular Hbond substituents is 1. The normalized spacial score (nSPS) is 11.9. The summed E-state index contributed by atoms with van der Waals surface area (Å²) in [5, 5.41) is 9.43. The molecule has 1 N–H and O–H groups in total. The van der Waals surface area contributed by atoms with Crippen molar-refractivity contribution in [3.63, 3.8) is 0 Å². The molecule has 84 valence electrons. The second-order valence-electron chi connectivity index (χ2n) is 5.09. The Kier molecular flexibility index (Phi) is 3.28. The second-order valence-corrected chi connectivity index (χ2v) is 5.09. The first kappa shape index (κ1) is 11.9. The Bertz CT molecular complexity index is 335. The molecular formula is C13H20O2. The van der Waals surface area contributed by atoms with E-state index in [9.17, 15) is 5.11 Å². The molecule has 0 radical (unpaired) electrons. The van der Waals surface area contributed by atoms with Crippen LogP contribution in [0.25, 0.3) is 0 Å². The van der Waals surface area contributed by atoms with E-state index < -0.39 is 0 Å². The van der Waals surface area contributed by atoms with E-state index in [0.29, 0.717) is 11.7 Å². The number of aromatic hydroxyl groups is 1. The Morgan fingerprint density at radius 1 is 1.20 bits per heavy atom. The molecule has 1 rings (SSSR count). The molecule has 1 aromatic rings. The lowest BCUT2D eigenvalue weighted by molar-refractivity contribution is 0.129. The first-order chi connectivity index (χ1) is 6.79. The SMILES string of the molecule is CC(C)c1cc(O)ccc1OC(C)(C)C. The van der Waals surface area contributed by atoms with Crippen molar-refractivity contribution in [3.05, 3.63) is 23.8 Å². The lowest BCUT2D eigenvalue weighted by Crippen LogP contribution is -2.23.